The molecule has 2 atom stereocenters. The van der Waals surface area contributed by atoms with E-state index in [1.165, 1.54) is 18.4 Å². The highest BCUT2D eigenvalue weighted by atomic mass is 16.3. The van der Waals surface area contributed by atoms with Gasteiger partial charge in [-0.05, 0) is 36.7 Å². The topological polar surface area (TPSA) is 61.3 Å². The average molecular weight is 352 g/mol. The Hall–Kier alpha value is -1.98. The van der Waals surface area contributed by atoms with Crippen molar-refractivity contribution in [2.24, 2.45) is 11.8 Å². The Morgan fingerprint density at radius 3 is 2.54 bits per heavy atom. The fourth-order valence-corrected chi connectivity index (χ4v) is 4.12. The zero-order valence-corrected chi connectivity index (χ0v) is 15.4. The first-order valence-electron chi connectivity index (χ1n) is 9.67. The van der Waals surface area contributed by atoms with E-state index in [1.54, 1.807) is 0 Å². The van der Waals surface area contributed by atoms with Crippen LogP contribution in [0.5, 0.6) is 0 Å². The molecule has 1 aliphatic carbocycles. The fraction of sp³-hybridized carbons (Fsp3) is 0.524. The number of anilines is 1. The molecule has 2 fully saturated rings. The lowest BCUT2D eigenvalue weighted by atomic mass is 9.78. The van der Waals surface area contributed by atoms with Crippen LogP contribution in [0, 0.1) is 11.8 Å². The minimum Gasteiger partial charge on any atom is -0.389 e. The largest absolute Gasteiger partial charge is 0.389 e. The summed E-state index contributed by atoms with van der Waals surface area (Å²) in [7, 11) is 0. The number of likely N-dealkylation sites (tertiary alicyclic amines) is 1. The van der Waals surface area contributed by atoms with Crippen molar-refractivity contribution in [2.45, 2.75) is 44.9 Å². The molecule has 0 amide bonds. The molecule has 2 aliphatic rings. The molecule has 2 N–H and O–H groups in total. The predicted octanol–water partition coefficient (Wildman–Crippen LogP) is 3.07. The van der Waals surface area contributed by atoms with Crippen LogP contribution in [0.2, 0.25) is 0 Å². The molecule has 0 bridgehead atoms. The van der Waals surface area contributed by atoms with E-state index >= 15 is 0 Å². The van der Waals surface area contributed by atoms with Gasteiger partial charge in [0, 0.05) is 44.1 Å². The van der Waals surface area contributed by atoms with Crippen LogP contribution in [0.25, 0.3) is 0 Å². The van der Waals surface area contributed by atoms with Gasteiger partial charge in [-0.1, -0.05) is 37.3 Å². The van der Waals surface area contributed by atoms with Crippen LogP contribution >= 0.6 is 0 Å². The van der Waals surface area contributed by atoms with Crippen molar-refractivity contribution >= 4 is 5.95 Å². The molecule has 0 spiro atoms. The third kappa shape index (κ3) is 3.89. The van der Waals surface area contributed by atoms with Gasteiger partial charge in [-0.2, -0.15) is 0 Å². The summed E-state index contributed by atoms with van der Waals surface area (Å²) in [6.45, 7) is 5.66. The van der Waals surface area contributed by atoms with Gasteiger partial charge >= 0.3 is 0 Å². The molecular formula is C21H28N4O. The summed E-state index contributed by atoms with van der Waals surface area (Å²) in [6.07, 6.45) is 7.11. The zero-order valence-electron chi connectivity index (χ0n) is 15.4. The molecule has 2 aromatic rings. The molecule has 0 radical (unpaired) electrons. The quantitative estimate of drug-likeness (QED) is 0.837. The summed E-state index contributed by atoms with van der Waals surface area (Å²) in [5.74, 6) is 1.53. The number of hydrogen-bond donors (Lipinski definition) is 2. The number of aromatic nitrogens is 2. The Bertz CT molecular complexity index is 717. The molecule has 4 rings (SSSR count). The molecule has 26 heavy (non-hydrogen) atoms. The van der Waals surface area contributed by atoms with Gasteiger partial charge in [0.05, 0.1) is 5.60 Å². The van der Waals surface area contributed by atoms with E-state index in [0.717, 1.165) is 38.2 Å². The van der Waals surface area contributed by atoms with E-state index in [4.69, 9.17) is 0 Å². The molecular weight excluding hydrogens is 324 g/mol. The minimum atomic E-state index is -0.432. The maximum atomic E-state index is 10.9. The normalized spacial score (nSPS) is 26.6. The third-order valence-corrected chi connectivity index (χ3v) is 5.90. The average Bonchev–Trinajstić information content (AvgIpc) is 3.51. The summed E-state index contributed by atoms with van der Waals surface area (Å²) in [5.41, 5.74) is 1.91. The van der Waals surface area contributed by atoms with Gasteiger partial charge in [-0.15, -0.1) is 0 Å². The smallest absolute Gasteiger partial charge is 0.222 e. The molecule has 5 heteroatoms. The highest BCUT2D eigenvalue weighted by Gasteiger charge is 2.49. The van der Waals surface area contributed by atoms with Crippen LogP contribution in [0.3, 0.4) is 0 Å². The first kappa shape index (κ1) is 17.4. The molecule has 1 aromatic heterocycles. The lowest BCUT2D eigenvalue weighted by Crippen LogP contribution is -2.51. The summed E-state index contributed by atoms with van der Waals surface area (Å²) < 4.78 is 0. The second kappa shape index (κ2) is 7.33. The molecule has 2 heterocycles. The lowest BCUT2D eigenvalue weighted by Gasteiger charge is -2.43. The standard InChI is InChI=1S/C21H28N4O/c1-16-14-25(10-9-21(16,26)19-7-8-19)15-18-12-23-20(24-13-18)22-11-17-5-3-2-4-6-17/h2-6,12-13,16,19,26H,7-11,14-15H2,1H3,(H,22,23,24)/t16-,21+/m1/s1. The number of rotatable bonds is 6. The summed E-state index contributed by atoms with van der Waals surface area (Å²) in [5, 5.41) is 14.2. The third-order valence-electron chi connectivity index (χ3n) is 5.90. The second-order valence-electron chi connectivity index (χ2n) is 7.91. The molecule has 138 valence electrons. The minimum absolute atomic E-state index is 0.330. The number of nitrogens with one attached hydrogen (secondary N) is 1. The number of benzene rings is 1. The first-order chi connectivity index (χ1) is 12.6. The number of hydrogen-bond acceptors (Lipinski definition) is 5. The zero-order chi connectivity index (χ0) is 18.0. The van der Waals surface area contributed by atoms with E-state index in [2.05, 4.69) is 39.2 Å². The van der Waals surface area contributed by atoms with Gasteiger partial charge in [0.1, 0.15) is 0 Å². The van der Waals surface area contributed by atoms with Crippen molar-refractivity contribution < 1.29 is 5.11 Å². The Morgan fingerprint density at radius 2 is 1.88 bits per heavy atom. The van der Waals surface area contributed by atoms with Crippen molar-refractivity contribution in [1.29, 1.82) is 0 Å². The highest BCUT2D eigenvalue weighted by Crippen LogP contribution is 2.47. The summed E-state index contributed by atoms with van der Waals surface area (Å²) in [6, 6.07) is 10.3. The SMILES string of the molecule is C[C@@H]1CN(Cc2cnc(NCc3ccccc3)nc2)CC[C@@]1(O)C1CC1. The molecule has 5 nitrogen and oxygen atoms in total. The van der Waals surface area contributed by atoms with Gasteiger partial charge in [-0.25, -0.2) is 9.97 Å². The monoisotopic (exact) mass is 352 g/mol. The van der Waals surface area contributed by atoms with Crippen LogP contribution in [0.15, 0.2) is 42.7 Å². The van der Waals surface area contributed by atoms with Crippen LogP contribution in [0.4, 0.5) is 5.95 Å². The highest BCUT2D eigenvalue weighted by molar-refractivity contribution is 5.28. The molecule has 1 aliphatic heterocycles. The fourth-order valence-electron chi connectivity index (χ4n) is 4.12. The van der Waals surface area contributed by atoms with E-state index in [1.807, 2.05) is 30.6 Å². The number of aliphatic hydroxyl groups is 1. The van der Waals surface area contributed by atoms with Crippen molar-refractivity contribution in [3.63, 3.8) is 0 Å². The maximum Gasteiger partial charge on any atom is 0.222 e. The molecule has 1 saturated carbocycles. The summed E-state index contributed by atoms with van der Waals surface area (Å²) in [4.78, 5) is 11.3. The second-order valence-corrected chi connectivity index (χ2v) is 7.91. The maximum absolute atomic E-state index is 10.9. The van der Waals surface area contributed by atoms with Crippen molar-refractivity contribution in [3.8, 4) is 0 Å². The van der Waals surface area contributed by atoms with E-state index in [-0.39, 0.29) is 0 Å². The van der Waals surface area contributed by atoms with Gasteiger partial charge in [0.15, 0.2) is 0 Å². The van der Waals surface area contributed by atoms with Crippen LogP contribution < -0.4 is 5.32 Å². The van der Waals surface area contributed by atoms with Crippen molar-refractivity contribution in [3.05, 3.63) is 53.9 Å². The lowest BCUT2D eigenvalue weighted by molar-refractivity contribution is -0.0833. The van der Waals surface area contributed by atoms with Gasteiger partial charge < -0.3 is 10.4 Å². The Morgan fingerprint density at radius 1 is 1.15 bits per heavy atom. The van der Waals surface area contributed by atoms with E-state index < -0.39 is 5.60 Å². The molecule has 1 saturated heterocycles. The van der Waals surface area contributed by atoms with Crippen molar-refractivity contribution in [1.82, 2.24) is 14.9 Å². The van der Waals surface area contributed by atoms with Gasteiger partial charge in [-0.3, -0.25) is 4.90 Å². The number of nitrogens with zero attached hydrogens (tertiary/aromatic N) is 3. The molecule has 1 aromatic carbocycles. The molecule has 0 unspecified atom stereocenters. The Labute approximate surface area is 155 Å². The number of piperidine rings is 1. The van der Waals surface area contributed by atoms with Crippen LogP contribution in [0.1, 0.15) is 37.3 Å². The van der Waals surface area contributed by atoms with Crippen molar-refractivity contribution in [2.75, 3.05) is 18.4 Å². The Kier molecular flexibility index (Phi) is 4.92. The van der Waals surface area contributed by atoms with Gasteiger partial charge in [0.2, 0.25) is 5.95 Å². The van der Waals surface area contributed by atoms with Crippen LogP contribution in [-0.2, 0) is 13.1 Å². The van der Waals surface area contributed by atoms with Crippen LogP contribution in [-0.4, -0.2) is 38.7 Å². The van der Waals surface area contributed by atoms with E-state index in [9.17, 15) is 5.11 Å². The van der Waals surface area contributed by atoms with E-state index in [0.29, 0.717) is 17.8 Å². The summed E-state index contributed by atoms with van der Waals surface area (Å²) >= 11 is 0. The predicted molar refractivity (Wildman–Crippen MR) is 103 cm³/mol. The van der Waals surface area contributed by atoms with Gasteiger partial charge in [0.25, 0.3) is 0 Å². The Balaban J connectivity index is 1.29. The first-order valence-corrected chi connectivity index (χ1v) is 9.67.